The normalized spacial score (nSPS) is 11.2. The van der Waals surface area contributed by atoms with Gasteiger partial charge in [0.15, 0.2) is 0 Å². The van der Waals surface area contributed by atoms with Crippen molar-refractivity contribution in [3.05, 3.63) is 44.8 Å². The van der Waals surface area contributed by atoms with Gasteiger partial charge in [0.2, 0.25) is 0 Å². The van der Waals surface area contributed by atoms with E-state index in [0.29, 0.717) is 15.9 Å². The first-order chi connectivity index (χ1) is 10.0. The molecule has 0 saturated carbocycles. The van der Waals surface area contributed by atoms with Crippen molar-refractivity contribution in [2.24, 2.45) is 0 Å². The number of thiophene rings is 1. The van der Waals surface area contributed by atoms with E-state index in [-0.39, 0.29) is 0 Å². The molecule has 0 spiro atoms. The van der Waals surface area contributed by atoms with Gasteiger partial charge in [-0.2, -0.15) is 0 Å². The van der Waals surface area contributed by atoms with Crippen LogP contribution in [0, 0.1) is 13.8 Å². The van der Waals surface area contributed by atoms with Crippen LogP contribution in [0.5, 0.6) is 0 Å². The number of fused-ring (bicyclic) bond motifs is 1. The Bertz CT molecular complexity index is 800. The minimum atomic E-state index is 0.529. The van der Waals surface area contributed by atoms with E-state index < -0.39 is 0 Å². The Hall–Kier alpha value is -0.880. The van der Waals surface area contributed by atoms with Crippen molar-refractivity contribution in [1.82, 2.24) is 15.0 Å². The fourth-order valence-corrected chi connectivity index (χ4v) is 4.14. The quantitative estimate of drug-likeness (QED) is 0.471. The molecule has 0 unspecified atom stereocenters. The summed E-state index contributed by atoms with van der Waals surface area (Å²) < 4.78 is 0. The highest BCUT2D eigenvalue weighted by Crippen LogP contribution is 2.33. The summed E-state index contributed by atoms with van der Waals surface area (Å²) >= 11 is 15.3. The van der Waals surface area contributed by atoms with Crippen LogP contribution in [0.2, 0.25) is 10.2 Å². The fourth-order valence-electron chi connectivity index (χ4n) is 1.89. The molecular weight excluding hydrogens is 345 g/mol. The number of nitrogens with zero attached hydrogens (tertiary/aromatic N) is 3. The number of pyridine rings is 1. The predicted molar refractivity (Wildman–Crippen MR) is 90.7 cm³/mol. The van der Waals surface area contributed by atoms with E-state index in [1.165, 1.54) is 10.4 Å². The molecule has 0 aliphatic carbocycles. The van der Waals surface area contributed by atoms with Gasteiger partial charge in [-0.25, -0.2) is 15.0 Å². The second kappa shape index (κ2) is 6.08. The van der Waals surface area contributed by atoms with Crippen molar-refractivity contribution < 1.29 is 0 Å². The third-order valence-electron chi connectivity index (χ3n) is 3.08. The molecule has 0 radical (unpaired) electrons. The maximum atomic E-state index is 6.30. The second-order valence-corrected chi connectivity index (χ2v) is 7.49. The first-order valence-corrected chi connectivity index (χ1v) is 8.77. The zero-order chi connectivity index (χ0) is 15.0. The molecule has 0 N–H and O–H groups in total. The fraction of sp³-hybridized carbons (Fsp3) is 0.214. The summed E-state index contributed by atoms with van der Waals surface area (Å²) in [4.78, 5) is 15.4. The highest BCUT2D eigenvalue weighted by atomic mass is 35.5. The Balaban J connectivity index is 1.86. The maximum absolute atomic E-state index is 6.30. The number of aromatic nitrogens is 3. The minimum absolute atomic E-state index is 0.529. The minimum Gasteiger partial charge on any atom is -0.248 e. The van der Waals surface area contributed by atoms with Crippen molar-refractivity contribution in [2.45, 2.75) is 24.6 Å². The lowest BCUT2D eigenvalue weighted by atomic mass is 10.2. The molecule has 0 amide bonds. The largest absolute Gasteiger partial charge is 0.248 e. The third kappa shape index (κ3) is 3.16. The van der Waals surface area contributed by atoms with E-state index in [9.17, 15) is 0 Å². The summed E-state index contributed by atoms with van der Waals surface area (Å²) in [5.41, 5.74) is 1.17. The van der Waals surface area contributed by atoms with Crippen molar-refractivity contribution in [3.63, 3.8) is 0 Å². The van der Waals surface area contributed by atoms with Gasteiger partial charge in [-0.1, -0.05) is 35.0 Å². The van der Waals surface area contributed by atoms with Crippen LogP contribution in [-0.2, 0) is 5.75 Å². The molecule has 0 fully saturated rings. The summed E-state index contributed by atoms with van der Waals surface area (Å²) in [6.07, 6.45) is 1.63. The molecule has 0 bridgehead atoms. The number of thioether (sulfide) groups is 1. The van der Waals surface area contributed by atoms with Gasteiger partial charge in [0.1, 0.15) is 15.8 Å². The standard InChI is InChI=1S/C14H11Cl2N3S2/c1-7-8(2)21-14-12(7)13(16)18-10(19-14)6-20-11-4-3-9(15)5-17-11/h3-5H,6H2,1-2H3. The average Bonchev–Trinajstić information content (AvgIpc) is 2.74. The van der Waals surface area contributed by atoms with Gasteiger partial charge < -0.3 is 0 Å². The molecular formula is C14H11Cl2N3S2. The molecule has 3 heterocycles. The highest BCUT2D eigenvalue weighted by molar-refractivity contribution is 7.98. The number of hydrogen-bond acceptors (Lipinski definition) is 5. The number of hydrogen-bond donors (Lipinski definition) is 0. The molecule has 3 aromatic heterocycles. The lowest BCUT2D eigenvalue weighted by Gasteiger charge is -2.02. The molecule has 3 nitrogen and oxygen atoms in total. The summed E-state index contributed by atoms with van der Waals surface area (Å²) in [6, 6.07) is 3.70. The van der Waals surface area contributed by atoms with Crippen LogP contribution in [0.1, 0.15) is 16.3 Å². The topological polar surface area (TPSA) is 38.7 Å². The van der Waals surface area contributed by atoms with Gasteiger partial charge in [0, 0.05) is 11.1 Å². The van der Waals surface area contributed by atoms with Gasteiger partial charge in [-0.05, 0) is 31.5 Å². The van der Waals surface area contributed by atoms with E-state index in [4.69, 9.17) is 23.2 Å². The van der Waals surface area contributed by atoms with E-state index in [2.05, 4.69) is 28.8 Å². The summed E-state index contributed by atoms with van der Waals surface area (Å²) in [6.45, 7) is 4.12. The number of aryl methyl sites for hydroxylation is 2. The van der Waals surface area contributed by atoms with E-state index in [1.54, 1.807) is 29.3 Å². The lowest BCUT2D eigenvalue weighted by molar-refractivity contribution is 1.06. The first-order valence-electron chi connectivity index (χ1n) is 6.21. The molecule has 0 saturated heterocycles. The number of rotatable bonds is 3. The average molecular weight is 356 g/mol. The second-order valence-electron chi connectivity index (χ2n) is 4.50. The molecule has 0 aromatic carbocycles. The molecule has 0 aliphatic rings. The SMILES string of the molecule is Cc1sc2nc(CSc3ccc(Cl)cn3)nc(Cl)c2c1C. The Morgan fingerprint density at radius 1 is 1.19 bits per heavy atom. The third-order valence-corrected chi connectivity index (χ3v) is 5.62. The summed E-state index contributed by atoms with van der Waals surface area (Å²) in [5.74, 6) is 1.34. The molecule has 21 heavy (non-hydrogen) atoms. The Morgan fingerprint density at radius 3 is 2.71 bits per heavy atom. The van der Waals surface area contributed by atoms with Gasteiger partial charge in [-0.15, -0.1) is 11.3 Å². The Labute approximate surface area is 140 Å². The summed E-state index contributed by atoms with van der Waals surface area (Å²) in [5, 5.41) is 3.02. The zero-order valence-corrected chi connectivity index (χ0v) is 14.5. The molecule has 3 aromatic rings. The maximum Gasteiger partial charge on any atom is 0.142 e. The van der Waals surface area contributed by atoms with Gasteiger partial charge >= 0.3 is 0 Å². The van der Waals surface area contributed by atoms with E-state index >= 15 is 0 Å². The van der Waals surface area contributed by atoms with Gasteiger partial charge in [-0.3, -0.25) is 0 Å². The Kier molecular flexibility index (Phi) is 4.36. The predicted octanol–water partition coefficient (Wildman–Crippen LogP) is 5.30. The molecule has 0 atom stereocenters. The van der Waals surface area contributed by atoms with Gasteiger partial charge in [0.05, 0.1) is 21.2 Å². The zero-order valence-electron chi connectivity index (χ0n) is 11.4. The van der Waals surface area contributed by atoms with Crippen LogP contribution in [0.25, 0.3) is 10.2 Å². The molecule has 108 valence electrons. The number of halogens is 2. The molecule has 0 aliphatic heterocycles. The van der Waals surface area contributed by atoms with Crippen molar-refractivity contribution in [3.8, 4) is 0 Å². The van der Waals surface area contributed by atoms with Crippen LogP contribution < -0.4 is 0 Å². The molecule has 3 rings (SSSR count). The van der Waals surface area contributed by atoms with Crippen molar-refractivity contribution in [2.75, 3.05) is 0 Å². The van der Waals surface area contributed by atoms with Crippen LogP contribution in [-0.4, -0.2) is 15.0 Å². The van der Waals surface area contributed by atoms with Crippen LogP contribution in [0.4, 0.5) is 0 Å². The van der Waals surface area contributed by atoms with Crippen LogP contribution in [0.3, 0.4) is 0 Å². The lowest BCUT2D eigenvalue weighted by Crippen LogP contribution is -1.94. The van der Waals surface area contributed by atoms with Crippen LogP contribution >= 0.6 is 46.3 Å². The first kappa shape index (κ1) is 15.0. The van der Waals surface area contributed by atoms with Crippen LogP contribution in [0.15, 0.2) is 23.4 Å². The van der Waals surface area contributed by atoms with E-state index in [0.717, 1.165) is 21.1 Å². The van der Waals surface area contributed by atoms with E-state index in [1.807, 2.05) is 12.1 Å². The molecule has 7 heteroatoms. The highest BCUT2D eigenvalue weighted by Gasteiger charge is 2.13. The Morgan fingerprint density at radius 2 is 2.00 bits per heavy atom. The van der Waals surface area contributed by atoms with Crippen molar-refractivity contribution >= 4 is 56.5 Å². The van der Waals surface area contributed by atoms with Gasteiger partial charge in [0.25, 0.3) is 0 Å². The smallest absolute Gasteiger partial charge is 0.142 e. The van der Waals surface area contributed by atoms with Crippen molar-refractivity contribution in [1.29, 1.82) is 0 Å². The monoisotopic (exact) mass is 355 g/mol. The summed E-state index contributed by atoms with van der Waals surface area (Å²) in [7, 11) is 0.